The molecule has 1 heterocycles. The van der Waals surface area contributed by atoms with Crippen LogP contribution in [0, 0.1) is 0 Å². The molecule has 0 bridgehead atoms. The van der Waals surface area contributed by atoms with E-state index in [1.807, 2.05) is 18.2 Å². The van der Waals surface area contributed by atoms with Crippen molar-refractivity contribution in [1.82, 2.24) is 4.90 Å². The third kappa shape index (κ3) is 4.18. The van der Waals surface area contributed by atoms with Crippen LogP contribution in [0.1, 0.15) is 44.4 Å². The van der Waals surface area contributed by atoms with Crippen LogP contribution in [0.25, 0.3) is 0 Å². The lowest BCUT2D eigenvalue weighted by Crippen LogP contribution is -2.40. The molecule has 3 heteroatoms. The standard InChI is InChI=1S/C21H26ClNO/c1-21(2,3)23-14-13-19(15-23)24-20(16-7-5-4-6-8-16)17-9-11-18(22)12-10-17/h4-12,19-20H,13-15H2,1-3H3/t19-,20-/m1/s1. The fourth-order valence-electron chi connectivity index (χ4n) is 3.26. The number of hydrogen-bond donors (Lipinski definition) is 0. The van der Waals surface area contributed by atoms with Crippen LogP contribution in [-0.2, 0) is 4.74 Å². The number of rotatable bonds is 4. The fourth-order valence-corrected chi connectivity index (χ4v) is 3.38. The molecule has 24 heavy (non-hydrogen) atoms. The van der Waals surface area contributed by atoms with Crippen molar-refractivity contribution in [3.8, 4) is 0 Å². The highest BCUT2D eigenvalue weighted by Crippen LogP contribution is 2.31. The molecule has 1 aliphatic heterocycles. The van der Waals surface area contributed by atoms with Gasteiger partial charge >= 0.3 is 0 Å². The van der Waals surface area contributed by atoms with Gasteiger partial charge in [0.15, 0.2) is 0 Å². The van der Waals surface area contributed by atoms with E-state index in [-0.39, 0.29) is 17.7 Å². The van der Waals surface area contributed by atoms with Gasteiger partial charge in [-0.25, -0.2) is 0 Å². The largest absolute Gasteiger partial charge is 0.364 e. The Kier molecular flexibility index (Phi) is 5.29. The Hall–Kier alpha value is -1.35. The van der Waals surface area contributed by atoms with Crippen molar-refractivity contribution >= 4 is 11.6 Å². The Bertz CT molecular complexity index is 648. The number of hydrogen-bond acceptors (Lipinski definition) is 2. The smallest absolute Gasteiger partial charge is 0.108 e. The summed E-state index contributed by atoms with van der Waals surface area (Å²) in [5, 5.41) is 0.755. The number of benzene rings is 2. The topological polar surface area (TPSA) is 12.5 Å². The average molecular weight is 344 g/mol. The van der Waals surface area contributed by atoms with Crippen LogP contribution in [0.5, 0.6) is 0 Å². The molecule has 0 unspecified atom stereocenters. The Morgan fingerprint density at radius 3 is 2.21 bits per heavy atom. The van der Waals surface area contributed by atoms with Crippen LogP contribution in [-0.4, -0.2) is 29.6 Å². The van der Waals surface area contributed by atoms with Crippen LogP contribution in [0.2, 0.25) is 5.02 Å². The van der Waals surface area contributed by atoms with Gasteiger partial charge < -0.3 is 4.74 Å². The molecule has 3 rings (SSSR count). The minimum Gasteiger partial charge on any atom is -0.364 e. The van der Waals surface area contributed by atoms with Crippen LogP contribution >= 0.6 is 11.6 Å². The number of halogens is 1. The highest BCUT2D eigenvalue weighted by molar-refractivity contribution is 6.30. The number of likely N-dealkylation sites (tertiary alicyclic amines) is 1. The summed E-state index contributed by atoms with van der Waals surface area (Å²) >= 11 is 6.05. The second-order valence-electron chi connectivity index (χ2n) is 7.51. The van der Waals surface area contributed by atoms with E-state index in [0.717, 1.165) is 30.1 Å². The Balaban J connectivity index is 1.80. The highest BCUT2D eigenvalue weighted by Gasteiger charge is 2.32. The summed E-state index contributed by atoms with van der Waals surface area (Å²) in [6.45, 7) is 8.88. The van der Waals surface area contributed by atoms with E-state index in [9.17, 15) is 0 Å². The minimum absolute atomic E-state index is 0.0478. The van der Waals surface area contributed by atoms with Gasteiger partial charge in [-0.1, -0.05) is 54.1 Å². The molecule has 1 fully saturated rings. The van der Waals surface area contributed by atoms with Crippen molar-refractivity contribution in [2.45, 2.75) is 44.9 Å². The predicted octanol–water partition coefficient (Wildman–Crippen LogP) is 5.32. The van der Waals surface area contributed by atoms with Crippen molar-refractivity contribution in [3.05, 3.63) is 70.7 Å². The van der Waals surface area contributed by atoms with Gasteiger partial charge in [0.25, 0.3) is 0 Å². The molecular formula is C21H26ClNO. The molecule has 0 amide bonds. The predicted molar refractivity (Wildman–Crippen MR) is 101 cm³/mol. The highest BCUT2D eigenvalue weighted by atomic mass is 35.5. The normalized spacial score (nSPS) is 20.2. The first-order valence-electron chi connectivity index (χ1n) is 8.64. The summed E-state index contributed by atoms with van der Waals surface area (Å²) in [7, 11) is 0. The molecular weight excluding hydrogens is 318 g/mol. The van der Waals surface area contributed by atoms with E-state index < -0.39 is 0 Å². The van der Waals surface area contributed by atoms with Gasteiger partial charge in [0, 0.05) is 23.7 Å². The van der Waals surface area contributed by atoms with E-state index in [2.05, 4.69) is 62.1 Å². The molecule has 0 saturated carbocycles. The molecule has 0 aliphatic carbocycles. The second-order valence-corrected chi connectivity index (χ2v) is 7.94. The SMILES string of the molecule is CC(C)(C)N1CC[C@@H](O[C@H](c2ccccc2)c2ccc(Cl)cc2)C1. The van der Waals surface area contributed by atoms with E-state index in [0.29, 0.717) is 0 Å². The fraction of sp³-hybridized carbons (Fsp3) is 0.429. The average Bonchev–Trinajstić information content (AvgIpc) is 3.03. The van der Waals surface area contributed by atoms with Crippen molar-refractivity contribution in [2.24, 2.45) is 0 Å². The number of ether oxygens (including phenoxy) is 1. The number of nitrogens with zero attached hydrogens (tertiary/aromatic N) is 1. The van der Waals surface area contributed by atoms with Gasteiger partial charge in [-0.3, -0.25) is 4.90 Å². The summed E-state index contributed by atoms with van der Waals surface area (Å²) in [4.78, 5) is 2.50. The summed E-state index contributed by atoms with van der Waals surface area (Å²) in [5.74, 6) is 0. The molecule has 1 saturated heterocycles. The summed E-state index contributed by atoms with van der Waals surface area (Å²) < 4.78 is 6.56. The maximum atomic E-state index is 6.56. The molecule has 0 aromatic heterocycles. The Morgan fingerprint density at radius 1 is 1.00 bits per heavy atom. The Labute approximate surface area is 150 Å². The maximum Gasteiger partial charge on any atom is 0.108 e. The zero-order valence-electron chi connectivity index (χ0n) is 14.7. The van der Waals surface area contributed by atoms with E-state index >= 15 is 0 Å². The third-order valence-corrected chi connectivity index (χ3v) is 4.95. The van der Waals surface area contributed by atoms with E-state index in [1.165, 1.54) is 5.56 Å². The molecule has 1 aliphatic rings. The van der Waals surface area contributed by atoms with E-state index in [1.54, 1.807) is 0 Å². The first-order chi connectivity index (χ1) is 11.4. The third-order valence-electron chi connectivity index (χ3n) is 4.70. The van der Waals surface area contributed by atoms with Gasteiger partial charge in [-0.2, -0.15) is 0 Å². The van der Waals surface area contributed by atoms with E-state index in [4.69, 9.17) is 16.3 Å². The van der Waals surface area contributed by atoms with Crippen LogP contribution in [0.15, 0.2) is 54.6 Å². The molecule has 0 spiro atoms. The zero-order chi connectivity index (χ0) is 17.2. The minimum atomic E-state index is -0.0478. The molecule has 128 valence electrons. The van der Waals surface area contributed by atoms with Crippen LogP contribution < -0.4 is 0 Å². The van der Waals surface area contributed by atoms with Crippen LogP contribution in [0.4, 0.5) is 0 Å². The van der Waals surface area contributed by atoms with Crippen molar-refractivity contribution in [3.63, 3.8) is 0 Å². The molecule has 2 nitrogen and oxygen atoms in total. The van der Waals surface area contributed by atoms with Gasteiger partial charge in [-0.15, -0.1) is 0 Å². The lowest BCUT2D eigenvalue weighted by Gasteiger charge is -2.32. The quantitative estimate of drug-likeness (QED) is 0.745. The van der Waals surface area contributed by atoms with Crippen molar-refractivity contribution in [1.29, 1.82) is 0 Å². The second kappa shape index (κ2) is 7.26. The monoisotopic (exact) mass is 343 g/mol. The van der Waals surface area contributed by atoms with Gasteiger partial charge in [0.2, 0.25) is 0 Å². The summed E-state index contributed by atoms with van der Waals surface area (Å²) in [5.41, 5.74) is 2.54. The summed E-state index contributed by atoms with van der Waals surface area (Å²) in [6, 6.07) is 18.5. The summed E-state index contributed by atoms with van der Waals surface area (Å²) in [6.07, 6.45) is 1.28. The molecule has 2 atom stereocenters. The first kappa shape index (κ1) is 17.5. The Morgan fingerprint density at radius 2 is 1.62 bits per heavy atom. The molecule has 0 radical (unpaired) electrons. The lowest BCUT2D eigenvalue weighted by atomic mass is 10.0. The van der Waals surface area contributed by atoms with Gasteiger partial charge in [0.1, 0.15) is 6.10 Å². The van der Waals surface area contributed by atoms with Crippen molar-refractivity contribution in [2.75, 3.05) is 13.1 Å². The van der Waals surface area contributed by atoms with Crippen LogP contribution in [0.3, 0.4) is 0 Å². The molecule has 2 aromatic carbocycles. The van der Waals surface area contributed by atoms with Gasteiger partial charge in [0.05, 0.1) is 6.10 Å². The zero-order valence-corrected chi connectivity index (χ0v) is 15.5. The maximum absolute atomic E-state index is 6.56. The van der Waals surface area contributed by atoms with Crippen molar-refractivity contribution < 1.29 is 4.74 Å². The lowest BCUT2D eigenvalue weighted by molar-refractivity contribution is 0.00831. The van der Waals surface area contributed by atoms with Gasteiger partial charge in [-0.05, 0) is 50.5 Å². The molecule has 2 aromatic rings. The molecule has 0 N–H and O–H groups in total. The first-order valence-corrected chi connectivity index (χ1v) is 9.02.